The van der Waals surface area contributed by atoms with Gasteiger partial charge in [-0.2, -0.15) is 5.26 Å². The van der Waals surface area contributed by atoms with Gasteiger partial charge >= 0.3 is 0 Å². The molecule has 1 N–H and O–H groups in total. The van der Waals surface area contributed by atoms with E-state index in [2.05, 4.69) is 34.6 Å². The van der Waals surface area contributed by atoms with E-state index in [0.29, 0.717) is 22.3 Å². The summed E-state index contributed by atoms with van der Waals surface area (Å²) in [5, 5.41) is 22.7. The van der Waals surface area contributed by atoms with Crippen molar-refractivity contribution < 1.29 is 9.53 Å². The number of hydrogen-bond donors (Lipinski definition) is 1. The Balaban J connectivity index is 1.42. The molecule has 35 heavy (non-hydrogen) atoms. The Kier molecular flexibility index (Phi) is 8.14. The Labute approximate surface area is 214 Å². The van der Waals surface area contributed by atoms with Gasteiger partial charge in [0.25, 0.3) is 0 Å². The van der Waals surface area contributed by atoms with Crippen molar-refractivity contribution in [2.75, 3.05) is 11.1 Å². The number of thiophene rings is 1. The van der Waals surface area contributed by atoms with Gasteiger partial charge in [0.2, 0.25) is 5.91 Å². The second kappa shape index (κ2) is 11.3. The summed E-state index contributed by atoms with van der Waals surface area (Å²) in [4.78, 5) is 14.0. The molecule has 0 bridgehead atoms. The highest BCUT2D eigenvalue weighted by Crippen LogP contribution is 2.37. The number of amides is 1. The number of aromatic nitrogens is 3. The van der Waals surface area contributed by atoms with Gasteiger partial charge in [-0.15, -0.1) is 21.5 Å². The maximum Gasteiger partial charge on any atom is 0.235 e. The molecule has 0 spiro atoms. The van der Waals surface area contributed by atoms with Gasteiger partial charge in [-0.05, 0) is 76.1 Å². The number of aryl methyl sites for hydroxylation is 2. The average molecular weight is 510 g/mol. The molecule has 1 amide bonds. The average Bonchev–Trinajstić information content (AvgIpc) is 3.32. The van der Waals surface area contributed by atoms with Crippen LogP contribution in [0.1, 0.15) is 72.2 Å². The van der Waals surface area contributed by atoms with Crippen LogP contribution >= 0.6 is 23.1 Å². The van der Waals surface area contributed by atoms with Gasteiger partial charge in [-0.25, -0.2) is 0 Å². The fourth-order valence-electron chi connectivity index (χ4n) is 4.34. The summed E-state index contributed by atoms with van der Waals surface area (Å²) in [5.74, 6) is 1.61. The summed E-state index contributed by atoms with van der Waals surface area (Å²) < 4.78 is 8.19. The van der Waals surface area contributed by atoms with Gasteiger partial charge in [0.15, 0.2) is 17.1 Å². The quantitative estimate of drug-likeness (QED) is 0.296. The van der Waals surface area contributed by atoms with E-state index in [1.807, 2.05) is 37.5 Å². The molecule has 3 aromatic rings. The normalized spacial score (nSPS) is 14.0. The van der Waals surface area contributed by atoms with Crippen LogP contribution in [0.3, 0.4) is 0 Å². The van der Waals surface area contributed by atoms with Gasteiger partial charge in [0, 0.05) is 11.4 Å². The van der Waals surface area contributed by atoms with Gasteiger partial charge in [0.1, 0.15) is 16.8 Å². The number of hydrogen-bond acceptors (Lipinski definition) is 7. The lowest BCUT2D eigenvalue weighted by atomic mass is 10.1. The van der Waals surface area contributed by atoms with Crippen LogP contribution in [0.15, 0.2) is 23.4 Å². The van der Waals surface area contributed by atoms with Crippen LogP contribution in [-0.4, -0.2) is 26.4 Å². The van der Waals surface area contributed by atoms with Crippen LogP contribution < -0.4 is 10.1 Å². The number of anilines is 1. The fraction of sp³-hybridized carbons (Fsp3) is 0.462. The van der Waals surface area contributed by atoms with Crippen LogP contribution in [0.25, 0.3) is 0 Å². The molecule has 0 saturated carbocycles. The van der Waals surface area contributed by atoms with E-state index >= 15 is 0 Å². The number of thioether (sulfide) groups is 1. The molecule has 1 aliphatic rings. The maximum atomic E-state index is 12.8. The van der Waals surface area contributed by atoms with Crippen molar-refractivity contribution >= 4 is 34.0 Å². The minimum Gasteiger partial charge on any atom is -0.482 e. The summed E-state index contributed by atoms with van der Waals surface area (Å²) >= 11 is 2.90. The second-order valence-corrected chi connectivity index (χ2v) is 10.8. The number of fused-ring (bicyclic) bond motifs is 1. The van der Waals surface area contributed by atoms with Crippen LogP contribution in [-0.2, 0) is 24.2 Å². The number of carbonyl (C=O) groups is 1. The topological polar surface area (TPSA) is 92.8 Å². The Morgan fingerprint density at radius 2 is 2.09 bits per heavy atom. The minimum atomic E-state index is -0.286. The zero-order chi connectivity index (χ0) is 24.9. The SMILES string of the molecule is CCn1c(SCC(=O)Nc2sc3c(c2C#N)CCCCC3)nnc1C(C)Oc1cccc(C)c1C. The largest absolute Gasteiger partial charge is 0.482 e. The van der Waals surface area contributed by atoms with Crippen LogP contribution in [0.2, 0.25) is 0 Å². The van der Waals surface area contributed by atoms with Gasteiger partial charge in [-0.1, -0.05) is 30.3 Å². The number of ether oxygens (including phenoxy) is 1. The number of nitrogens with zero attached hydrogens (tertiary/aromatic N) is 4. The molecular formula is C26H31N5O2S2. The third kappa shape index (κ3) is 5.54. The summed E-state index contributed by atoms with van der Waals surface area (Å²) in [6.45, 7) is 8.77. The highest BCUT2D eigenvalue weighted by Gasteiger charge is 2.23. The maximum absolute atomic E-state index is 12.8. The Morgan fingerprint density at radius 1 is 1.29 bits per heavy atom. The molecular weight excluding hydrogens is 478 g/mol. The van der Waals surface area contributed by atoms with Crippen molar-refractivity contribution in [3.05, 3.63) is 51.2 Å². The van der Waals surface area contributed by atoms with Crippen LogP contribution in [0, 0.1) is 25.2 Å². The Hall–Kier alpha value is -2.83. The third-order valence-electron chi connectivity index (χ3n) is 6.40. The highest BCUT2D eigenvalue weighted by atomic mass is 32.2. The van der Waals surface area contributed by atoms with Crippen molar-refractivity contribution in [1.29, 1.82) is 5.26 Å². The molecule has 1 atom stereocenters. The van der Waals surface area contributed by atoms with E-state index in [0.717, 1.165) is 48.4 Å². The second-order valence-electron chi connectivity index (χ2n) is 8.76. The van der Waals surface area contributed by atoms with Crippen molar-refractivity contribution in [3.63, 3.8) is 0 Å². The van der Waals surface area contributed by atoms with E-state index in [-0.39, 0.29) is 17.8 Å². The molecule has 1 aromatic carbocycles. The van der Waals surface area contributed by atoms with E-state index in [1.54, 1.807) is 11.3 Å². The first-order chi connectivity index (χ1) is 16.9. The summed E-state index contributed by atoms with van der Waals surface area (Å²) in [6.07, 6.45) is 5.06. The zero-order valence-electron chi connectivity index (χ0n) is 20.7. The van der Waals surface area contributed by atoms with Crippen molar-refractivity contribution in [3.8, 4) is 11.8 Å². The first-order valence-corrected chi connectivity index (χ1v) is 13.9. The standard InChI is InChI=1S/C26H31N5O2S2/c1-5-31-24(18(4)33-21-12-9-10-16(2)17(21)3)29-30-26(31)34-15-23(32)28-25-20(14-27)19-11-7-6-8-13-22(19)35-25/h9-10,12,18H,5-8,11,13,15H2,1-4H3,(H,28,32). The van der Waals surface area contributed by atoms with E-state index in [9.17, 15) is 10.1 Å². The predicted molar refractivity (Wildman–Crippen MR) is 140 cm³/mol. The Morgan fingerprint density at radius 3 is 2.86 bits per heavy atom. The molecule has 4 rings (SSSR count). The molecule has 2 aromatic heterocycles. The first-order valence-electron chi connectivity index (χ1n) is 12.1. The lowest BCUT2D eigenvalue weighted by Gasteiger charge is -2.17. The molecule has 0 saturated heterocycles. The van der Waals surface area contributed by atoms with Gasteiger partial charge < -0.3 is 14.6 Å². The molecule has 0 aliphatic heterocycles. The number of benzene rings is 1. The molecule has 0 fully saturated rings. The summed E-state index contributed by atoms with van der Waals surface area (Å²) in [7, 11) is 0. The molecule has 7 nitrogen and oxygen atoms in total. The molecule has 9 heteroatoms. The van der Waals surface area contributed by atoms with Gasteiger partial charge in [0.05, 0.1) is 11.3 Å². The van der Waals surface area contributed by atoms with E-state index in [1.165, 1.54) is 28.6 Å². The lowest BCUT2D eigenvalue weighted by molar-refractivity contribution is -0.113. The van der Waals surface area contributed by atoms with Crippen molar-refractivity contribution in [2.24, 2.45) is 0 Å². The monoisotopic (exact) mass is 509 g/mol. The highest BCUT2D eigenvalue weighted by molar-refractivity contribution is 7.99. The summed E-state index contributed by atoms with van der Waals surface area (Å²) in [6, 6.07) is 8.33. The van der Waals surface area contributed by atoms with Crippen LogP contribution in [0.5, 0.6) is 5.75 Å². The van der Waals surface area contributed by atoms with Crippen LogP contribution in [0.4, 0.5) is 5.00 Å². The summed E-state index contributed by atoms with van der Waals surface area (Å²) in [5.41, 5.74) is 4.05. The molecule has 1 unspecified atom stereocenters. The Bertz CT molecular complexity index is 1260. The first kappa shape index (κ1) is 25.3. The number of rotatable bonds is 8. The van der Waals surface area contributed by atoms with E-state index < -0.39 is 0 Å². The smallest absolute Gasteiger partial charge is 0.235 e. The number of carbonyl (C=O) groups excluding carboxylic acids is 1. The molecule has 184 valence electrons. The van der Waals surface area contributed by atoms with Gasteiger partial charge in [-0.3, -0.25) is 4.79 Å². The fourth-order valence-corrected chi connectivity index (χ4v) is 6.41. The van der Waals surface area contributed by atoms with Crippen molar-refractivity contribution in [1.82, 2.24) is 14.8 Å². The zero-order valence-corrected chi connectivity index (χ0v) is 22.3. The molecule has 2 heterocycles. The lowest BCUT2D eigenvalue weighted by Crippen LogP contribution is -2.15. The number of nitriles is 1. The third-order valence-corrected chi connectivity index (χ3v) is 8.58. The number of nitrogens with one attached hydrogen (secondary N) is 1. The van der Waals surface area contributed by atoms with Crippen molar-refractivity contribution in [2.45, 2.75) is 77.6 Å². The molecule has 0 radical (unpaired) electrons. The predicted octanol–water partition coefficient (Wildman–Crippen LogP) is 5.99. The minimum absolute atomic E-state index is 0.144. The van der Waals surface area contributed by atoms with E-state index in [4.69, 9.17) is 4.74 Å². The molecule has 1 aliphatic carbocycles.